The van der Waals surface area contributed by atoms with Crippen LogP contribution in [0.5, 0.6) is 0 Å². The lowest BCUT2D eigenvalue weighted by Gasteiger charge is -2.26. The SMILES string of the molecule is Cc1nc2c(C#N)cnn2c(C)c1CCC(=O)NCC(C)(C)c1cccc(C(F)(F)F)c1. The molecule has 0 aliphatic rings. The highest BCUT2D eigenvalue weighted by molar-refractivity contribution is 5.76. The largest absolute Gasteiger partial charge is 0.416 e. The summed E-state index contributed by atoms with van der Waals surface area (Å²) >= 11 is 0. The van der Waals surface area contributed by atoms with Gasteiger partial charge in [-0.2, -0.15) is 23.5 Å². The second-order valence-electron chi connectivity index (χ2n) is 8.41. The molecule has 0 aliphatic carbocycles. The van der Waals surface area contributed by atoms with Gasteiger partial charge in [0.05, 0.1) is 11.8 Å². The van der Waals surface area contributed by atoms with Crippen LogP contribution in [0.4, 0.5) is 13.2 Å². The average molecular weight is 443 g/mol. The Hall–Kier alpha value is -3.41. The standard InChI is InChI=1S/C23H24F3N5O/c1-14-19(15(2)31-21(30-14)16(11-27)12-29-31)8-9-20(32)28-13-22(3,4)17-6-5-7-18(10-17)23(24,25)26/h5-7,10,12H,8-9,13H2,1-4H3,(H,28,32). The molecule has 0 fully saturated rings. The predicted octanol–water partition coefficient (Wildman–Crippen LogP) is 4.26. The maximum absolute atomic E-state index is 13.0. The number of nitrogens with one attached hydrogen (secondary N) is 1. The Balaban J connectivity index is 1.66. The molecule has 1 aromatic carbocycles. The fourth-order valence-corrected chi connectivity index (χ4v) is 3.62. The topological polar surface area (TPSA) is 83.1 Å². The number of hydrogen-bond donors (Lipinski definition) is 1. The van der Waals surface area contributed by atoms with Crippen molar-refractivity contribution in [2.45, 2.75) is 52.1 Å². The Morgan fingerprint density at radius 2 is 1.91 bits per heavy atom. The van der Waals surface area contributed by atoms with Crippen molar-refractivity contribution in [3.63, 3.8) is 0 Å². The van der Waals surface area contributed by atoms with Crippen molar-refractivity contribution >= 4 is 11.6 Å². The van der Waals surface area contributed by atoms with Gasteiger partial charge in [0.15, 0.2) is 5.65 Å². The van der Waals surface area contributed by atoms with E-state index in [0.29, 0.717) is 23.2 Å². The maximum atomic E-state index is 13.0. The molecule has 2 aromatic heterocycles. The third-order valence-corrected chi connectivity index (χ3v) is 5.63. The van der Waals surface area contributed by atoms with Gasteiger partial charge in [0.2, 0.25) is 5.91 Å². The second kappa shape index (κ2) is 8.61. The summed E-state index contributed by atoms with van der Waals surface area (Å²) in [6.07, 6.45) is -2.33. The summed E-state index contributed by atoms with van der Waals surface area (Å²) in [4.78, 5) is 16.9. The monoisotopic (exact) mass is 443 g/mol. The number of carbonyl (C=O) groups is 1. The highest BCUT2D eigenvalue weighted by Gasteiger charge is 2.32. The summed E-state index contributed by atoms with van der Waals surface area (Å²) in [5.41, 5.74) is 2.40. The zero-order valence-electron chi connectivity index (χ0n) is 18.3. The summed E-state index contributed by atoms with van der Waals surface area (Å²) in [5, 5.41) is 16.2. The molecule has 0 radical (unpaired) electrons. The first-order valence-electron chi connectivity index (χ1n) is 10.1. The van der Waals surface area contributed by atoms with Crippen molar-refractivity contribution < 1.29 is 18.0 Å². The lowest BCUT2D eigenvalue weighted by atomic mass is 9.83. The molecule has 0 atom stereocenters. The molecule has 32 heavy (non-hydrogen) atoms. The van der Waals surface area contributed by atoms with Crippen molar-refractivity contribution in [3.8, 4) is 6.07 Å². The van der Waals surface area contributed by atoms with E-state index < -0.39 is 17.2 Å². The molecule has 2 heterocycles. The van der Waals surface area contributed by atoms with E-state index in [1.165, 1.54) is 12.3 Å². The second-order valence-corrected chi connectivity index (χ2v) is 8.41. The van der Waals surface area contributed by atoms with Crippen molar-refractivity contribution in [2.75, 3.05) is 6.54 Å². The Morgan fingerprint density at radius 1 is 1.22 bits per heavy atom. The molecule has 0 unspecified atom stereocenters. The van der Waals surface area contributed by atoms with E-state index in [2.05, 4.69) is 21.5 Å². The number of nitrogens with zero attached hydrogens (tertiary/aromatic N) is 4. The minimum Gasteiger partial charge on any atom is -0.355 e. The van der Waals surface area contributed by atoms with Gasteiger partial charge in [0, 0.05) is 29.8 Å². The number of aromatic nitrogens is 3. The number of carbonyl (C=O) groups excluding carboxylic acids is 1. The molecule has 0 saturated heterocycles. The molecule has 9 heteroatoms. The van der Waals surface area contributed by atoms with E-state index in [9.17, 15) is 18.0 Å². The number of benzene rings is 1. The van der Waals surface area contributed by atoms with Gasteiger partial charge >= 0.3 is 6.18 Å². The van der Waals surface area contributed by atoms with Crippen LogP contribution in [0.3, 0.4) is 0 Å². The minimum atomic E-state index is -4.41. The third-order valence-electron chi connectivity index (χ3n) is 5.63. The van der Waals surface area contributed by atoms with E-state index in [4.69, 9.17) is 5.26 Å². The number of halogens is 3. The van der Waals surface area contributed by atoms with Gasteiger partial charge in [-0.3, -0.25) is 4.79 Å². The summed E-state index contributed by atoms with van der Waals surface area (Å²) in [6, 6.07) is 7.23. The predicted molar refractivity (Wildman–Crippen MR) is 113 cm³/mol. The van der Waals surface area contributed by atoms with Crippen LogP contribution in [0.1, 0.15) is 53.9 Å². The van der Waals surface area contributed by atoms with Crippen molar-refractivity contribution in [2.24, 2.45) is 0 Å². The zero-order chi connectivity index (χ0) is 23.7. The van der Waals surface area contributed by atoms with Gasteiger partial charge in [-0.05, 0) is 37.5 Å². The summed E-state index contributed by atoms with van der Waals surface area (Å²) in [7, 11) is 0. The number of hydrogen-bond acceptors (Lipinski definition) is 4. The van der Waals surface area contributed by atoms with Crippen LogP contribution >= 0.6 is 0 Å². The van der Waals surface area contributed by atoms with Crippen LogP contribution in [-0.4, -0.2) is 27.0 Å². The summed E-state index contributed by atoms with van der Waals surface area (Å²) < 4.78 is 40.7. The van der Waals surface area contributed by atoms with E-state index >= 15 is 0 Å². The third kappa shape index (κ3) is 4.74. The van der Waals surface area contributed by atoms with Crippen LogP contribution in [0.25, 0.3) is 5.65 Å². The highest BCUT2D eigenvalue weighted by Crippen LogP contribution is 2.32. The lowest BCUT2D eigenvalue weighted by molar-refractivity contribution is -0.137. The van der Waals surface area contributed by atoms with Gasteiger partial charge in [0.1, 0.15) is 11.6 Å². The Bertz CT molecular complexity index is 1200. The Morgan fingerprint density at radius 3 is 2.56 bits per heavy atom. The molecular weight excluding hydrogens is 419 g/mol. The zero-order valence-corrected chi connectivity index (χ0v) is 18.3. The van der Waals surface area contributed by atoms with Crippen LogP contribution in [0, 0.1) is 25.2 Å². The first-order chi connectivity index (χ1) is 14.9. The first kappa shape index (κ1) is 23.3. The van der Waals surface area contributed by atoms with Gasteiger partial charge in [-0.15, -0.1) is 0 Å². The fraction of sp³-hybridized carbons (Fsp3) is 0.391. The van der Waals surface area contributed by atoms with Crippen LogP contribution in [0.15, 0.2) is 30.5 Å². The highest BCUT2D eigenvalue weighted by atomic mass is 19.4. The Labute approximate surface area is 184 Å². The van der Waals surface area contributed by atoms with E-state index in [1.54, 1.807) is 24.4 Å². The number of nitriles is 1. The van der Waals surface area contributed by atoms with Crippen molar-refractivity contribution in [1.29, 1.82) is 5.26 Å². The lowest BCUT2D eigenvalue weighted by Crippen LogP contribution is -2.37. The number of aryl methyl sites for hydroxylation is 2. The summed E-state index contributed by atoms with van der Waals surface area (Å²) in [6.45, 7) is 7.47. The van der Waals surface area contributed by atoms with Gasteiger partial charge < -0.3 is 5.32 Å². The van der Waals surface area contributed by atoms with Gasteiger partial charge in [-0.25, -0.2) is 9.50 Å². The molecule has 3 rings (SSSR count). The molecule has 1 amide bonds. The number of alkyl halides is 3. The number of rotatable bonds is 6. The van der Waals surface area contributed by atoms with Crippen LogP contribution in [0.2, 0.25) is 0 Å². The molecular formula is C23H24F3N5O. The smallest absolute Gasteiger partial charge is 0.355 e. The molecule has 0 saturated carbocycles. The van der Waals surface area contributed by atoms with Crippen LogP contribution in [-0.2, 0) is 22.8 Å². The Kier molecular flexibility index (Phi) is 6.26. The summed E-state index contributed by atoms with van der Waals surface area (Å²) in [5.74, 6) is -0.206. The normalized spacial score (nSPS) is 12.1. The first-order valence-corrected chi connectivity index (χ1v) is 10.1. The van der Waals surface area contributed by atoms with Crippen molar-refractivity contribution in [1.82, 2.24) is 19.9 Å². The average Bonchev–Trinajstić information content (AvgIpc) is 3.14. The molecule has 0 spiro atoms. The fourth-order valence-electron chi connectivity index (χ4n) is 3.62. The molecule has 6 nitrogen and oxygen atoms in total. The molecule has 1 N–H and O–H groups in total. The maximum Gasteiger partial charge on any atom is 0.416 e. The van der Waals surface area contributed by atoms with Gasteiger partial charge in [-0.1, -0.05) is 32.0 Å². The minimum absolute atomic E-state index is 0.194. The van der Waals surface area contributed by atoms with E-state index in [1.807, 2.05) is 13.8 Å². The van der Waals surface area contributed by atoms with Gasteiger partial charge in [0.25, 0.3) is 0 Å². The molecule has 0 aliphatic heterocycles. The number of fused-ring (bicyclic) bond motifs is 1. The number of amides is 1. The molecule has 3 aromatic rings. The van der Waals surface area contributed by atoms with Crippen molar-refractivity contribution in [3.05, 3.63) is 64.1 Å². The van der Waals surface area contributed by atoms with E-state index in [-0.39, 0.29) is 18.9 Å². The molecule has 168 valence electrons. The molecule has 0 bridgehead atoms. The quantitative estimate of drug-likeness (QED) is 0.617. The van der Waals surface area contributed by atoms with Crippen LogP contribution < -0.4 is 5.32 Å². The van der Waals surface area contributed by atoms with E-state index in [0.717, 1.165) is 29.1 Å².